The topological polar surface area (TPSA) is 98.7 Å². The maximum Gasteiger partial charge on any atom is 0.326 e. The highest BCUT2D eigenvalue weighted by atomic mass is 32.2. The molecule has 7 nitrogen and oxygen atoms in total. The number of nitrogens with zero attached hydrogens (tertiary/aromatic N) is 1. The van der Waals surface area contributed by atoms with Crippen LogP contribution in [0.4, 0.5) is 10.1 Å². The minimum atomic E-state index is -4.18. The highest BCUT2D eigenvalue weighted by Gasteiger charge is 2.37. The van der Waals surface area contributed by atoms with Crippen LogP contribution in [-0.2, 0) is 15.0 Å². The van der Waals surface area contributed by atoms with E-state index in [-0.39, 0.29) is 5.56 Å². The minimum Gasteiger partial charge on any atom is -0.506 e. The zero-order chi connectivity index (χ0) is 16.6. The maximum atomic E-state index is 14.7. The highest BCUT2D eigenvalue weighted by molar-refractivity contribution is 7.92. The molecule has 0 atom stereocenters. The van der Waals surface area contributed by atoms with E-state index in [0.717, 1.165) is 25.0 Å². The Bertz CT molecular complexity index is 783. The molecule has 3 N–H and O–H groups in total. The van der Waals surface area contributed by atoms with Gasteiger partial charge in [0.05, 0.1) is 0 Å². The fourth-order valence-corrected chi connectivity index (χ4v) is 3.85. The zero-order valence-corrected chi connectivity index (χ0v) is 13.0. The molecule has 1 aromatic carbocycles. The van der Waals surface area contributed by atoms with Crippen LogP contribution in [0.2, 0.25) is 0 Å². The lowest BCUT2D eigenvalue weighted by molar-refractivity contribution is -0.117. The van der Waals surface area contributed by atoms with Crippen molar-refractivity contribution in [2.75, 3.05) is 23.9 Å². The molecule has 0 aliphatic carbocycles. The summed E-state index contributed by atoms with van der Waals surface area (Å²) in [6.07, 6.45) is 3.41. The number of nitrogens with one attached hydrogen (secondary N) is 2. The summed E-state index contributed by atoms with van der Waals surface area (Å²) >= 11 is 0. The normalized spacial score (nSPS) is 22.4. The third-order valence-corrected chi connectivity index (χ3v) is 5.14. The number of anilines is 1. The summed E-state index contributed by atoms with van der Waals surface area (Å²) < 4.78 is 40.8. The molecular formula is C14H16FN3O4S. The summed E-state index contributed by atoms with van der Waals surface area (Å²) in [6.45, 7) is 0.979. The monoisotopic (exact) mass is 341 g/mol. The van der Waals surface area contributed by atoms with Gasteiger partial charge in [0, 0.05) is 12.1 Å². The van der Waals surface area contributed by atoms with E-state index in [2.05, 4.69) is 5.32 Å². The van der Waals surface area contributed by atoms with Gasteiger partial charge in [-0.3, -0.25) is 4.79 Å². The number of phenols is 1. The van der Waals surface area contributed by atoms with Crippen molar-refractivity contribution in [1.29, 1.82) is 0 Å². The van der Waals surface area contributed by atoms with Gasteiger partial charge in [-0.1, -0.05) is 11.6 Å². The third kappa shape index (κ3) is 3.02. The van der Waals surface area contributed by atoms with Crippen molar-refractivity contribution in [1.82, 2.24) is 10.0 Å². The fourth-order valence-electron chi connectivity index (χ4n) is 2.69. The second-order valence-corrected chi connectivity index (χ2v) is 7.05. The zero-order valence-electron chi connectivity index (χ0n) is 12.2. The predicted molar refractivity (Wildman–Crippen MR) is 82.6 cm³/mol. The number of hydrogen-bond acceptors (Lipinski definition) is 5. The average molecular weight is 341 g/mol. The van der Waals surface area contributed by atoms with Gasteiger partial charge in [0.2, 0.25) is 0 Å². The molecule has 0 saturated carbocycles. The molecule has 2 heterocycles. The molecule has 2 aliphatic heterocycles. The number of aromatic hydroxyl groups is 1. The lowest BCUT2D eigenvalue weighted by Gasteiger charge is -2.19. The van der Waals surface area contributed by atoms with E-state index in [1.807, 2.05) is 0 Å². The van der Waals surface area contributed by atoms with Crippen molar-refractivity contribution in [3.8, 4) is 5.75 Å². The van der Waals surface area contributed by atoms with E-state index in [4.69, 9.17) is 0 Å². The number of carbonyl (C=O) groups is 1. The van der Waals surface area contributed by atoms with Crippen LogP contribution in [0.1, 0.15) is 18.4 Å². The maximum absolute atomic E-state index is 14.7. The molecule has 2 fully saturated rings. The molecule has 0 aromatic heterocycles. The van der Waals surface area contributed by atoms with Crippen LogP contribution in [0.15, 0.2) is 17.7 Å². The number of benzene rings is 1. The van der Waals surface area contributed by atoms with Crippen LogP contribution in [-0.4, -0.2) is 39.1 Å². The minimum absolute atomic E-state index is 0.172. The fraction of sp³-hybridized carbons (Fsp3) is 0.357. The van der Waals surface area contributed by atoms with E-state index < -0.39 is 39.9 Å². The molecular weight excluding hydrogens is 325 g/mol. The van der Waals surface area contributed by atoms with E-state index >= 15 is 0 Å². The van der Waals surface area contributed by atoms with Gasteiger partial charge < -0.3 is 10.4 Å². The van der Waals surface area contributed by atoms with E-state index in [9.17, 15) is 22.7 Å². The third-order valence-electron chi connectivity index (χ3n) is 3.76. The lowest BCUT2D eigenvalue weighted by atomic mass is 10.0. The van der Waals surface area contributed by atoms with E-state index in [1.54, 1.807) is 10.8 Å². The highest BCUT2D eigenvalue weighted by Crippen LogP contribution is 2.36. The van der Waals surface area contributed by atoms with Crippen LogP contribution in [0, 0.1) is 5.82 Å². The molecule has 3 rings (SSSR count). The van der Waals surface area contributed by atoms with Crippen molar-refractivity contribution in [3.63, 3.8) is 0 Å². The van der Waals surface area contributed by atoms with Gasteiger partial charge in [0.15, 0.2) is 5.82 Å². The Hall–Kier alpha value is -2.13. The molecule has 0 radical (unpaired) electrons. The van der Waals surface area contributed by atoms with Crippen molar-refractivity contribution < 1.29 is 22.7 Å². The first kappa shape index (κ1) is 15.8. The van der Waals surface area contributed by atoms with Gasteiger partial charge in [-0.2, -0.15) is 8.42 Å². The summed E-state index contributed by atoms with van der Waals surface area (Å²) in [4.78, 5) is 11.3. The summed E-state index contributed by atoms with van der Waals surface area (Å²) in [5.74, 6) is -2.18. The molecule has 1 amide bonds. The first-order valence-corrected chi connectivity index (χ1v) is 8.57. The van der Waals surface area contributed by atoms with Crippen LogP contribution in [0.5, 0.6) is 5.75 Å². The molecule has 9 heteroatoms. The molecule has 124 valence electrons. The Balaban J connectivity index is 2.04. The number of piperidine rings is 1. The van der Waals surface area contributed by atoms with E-state index in [0.29, 0.717) is 10.8 Å². The van der Waals surface area contributed by atoms with Crippen LogP contribution >= 0.6 is 0 Å². The van der Waals surface area contributed by atoms with Crippen LogP contribution in [0.3, 0.4) is 0 Å². The Morgan fingerprint density at radius 1 is 1.35 bits per heavy atom. The largest absolute Gasteiger partial charge is 0.506 e. The summed E-state index contributed by atoms with van der Waals surface area (Å²) in [7, 11) is -4.18. The van der Waals surface area contributed by atoms with Crippen LogP contribution < -0.4 is 14.3 Å². The Morgan fingerprint density at radius 2 is 2.13 bits per heavy atom. The number of rotatable bonds is 2. The molecule has 0 spiro atoms. The second-order valence-electron chi connectivity index (χ2n) is 5.46. The number of amides is 1. The SMILES string of the molecule is O=C1CN(c2c(O)ccc(/C=C3/CCCNC3)c2F)S(=O)(=O)N1. The molecule has 2 saturated heterocycles. The van der Waals surface area contributed by atoms with Crippen LogP contribution in [0.25, 0.3) is 6.08 Å². The molecule has 2 aliphatic rings. The number of halogens is 1. The first-order chi connectivity index (χ1) is 10.9. The van der Waals surface area contributed by atoms with Gasteiger partial charge in [0.1, 0.15) is 18.0 Å². The predicted octanol–water partition coefficient (Wildman–Crippen LogP) is 0.479. The Kier molecular flexibility index (Phi) is 3.99. The second kappa shape index (κ2) is 5.82. The molecule has 1 aromatic rings. The van der Waals surface area contributed by atoms with Gasteiger partial charge in [-0.05, 0) is 31.5 Å². The van der Waals surface area contributed by atoms with Crippen molar-refractivity contribution in [2.45, 2.75) is 12.8 Å². The average Bonchev–Trinajstić information content (AvgIpc) is 2.76. The van der Waals surface area contributed by atoms with Gasteiger partial charge in [-0.15, -0.1) is 0 Å². The first-order valence-electron chi connectivity index (χ1n) is 7.13. The molecule has 23 heavy (non-hydrogen) atoms. The quantitative estimate of drug-likeness (QED) is 0.727. The van der Waals surface area contributed by atoms with Gasteiger partial charge in [0.25, 0.3) is 5.91 Å². The number of carbonyl (C=O) groups excluding carboxylic acids is 1. The van der Waals surface area contributed by atoms with Gasteiger partial charge >= 0.3 is 10.2 Å². The summed E-state index contributed by atoms with van der Waals surface area (Å²) in [5, 5.41) is 13.1. The van der Waals surface area contributed by atoms with E-state index in [1.165, 1.54) is 12.1 Å². The van der Waals surface area contributed by atoms with Crippen molar-refractivity contribution in [3.05, 3.63) is 29.1 Å². The lowest BCUT2D eigenvalue weighted by Crippen LogP contribution is -2.30. The van der Waals surface area contributed by atoms with Crippen molar-refractivity contribution >= 4 is 27.9 Å². The van der Waals surface area contributed by atoms with Crippen molar-refractivity contribution in [2.24, 2.45) is 0 Å². The number of hydrogen-bond donors (Lipinski definition) is 3. The summed E-state index contributed by atoms with van der Waals surface area (Å²) in [5.41, 5.74) is 0.651. The number of phenolic OH excluding ortho intramolecular Hbond substituents is 1. The smallest absolute Gasteiger partial charge is 0.326 e. The Morgan fingerprint density at radius 3 is 2.74 bits per heavy atom. The van der Waals surface area contributed by atoms with Gasteiger partial charge in [-0.25, -0.2) is 13.4 Å². The molecule has 0 unspecified atom stereocenters. The summed E-state index contributed by atoms with van der Waals surface area (Å²) in [6, 6.07) is 2.60. The Labute approximate surface area is 133 Å². The molecule has 0 bridgehead atoms. The standard InChI is InChI=1S/C14H16FN3O4S/c15-13-10(6-9-2-1-5-16-7-9)3-4-11(19)14(13)18-8-12(20)17-23(18,21)22/h3-4,6,16,19H,1-2,5,7-8H2,(H,17,20)/b9-6-.